The molecule has 0 aliphatic carbocycles. The Morgan fingerprint density at radius 1 is 1.06 bits per heavy atom. The summed E-state index contributed by atoms with van der Waals surface area (Å²) in [4.78, 5) is 8.09. The Bertz CT molecular complexity index is 728. The van der Waals surface area contributed by atoms with E-state index in [1.54, 1.807) is 0 Å². The molecule has 3 rings (SSSR count). The van der Waals surface area contributed by atoms with E-state index in [1.165, 1.54) is 11.1 Å². The Hall–Kier alpha value is -1.61. The Balaban J connectivity index is 2.23. The van der Waals surface area contributed by atoms with Gasteiger partial charge in [-0.3, -0.25) is 0 Å². The Kier molecular flexibility index (Phi) is 2.71. The quantitative estimate of drug-likeness (QED) is 0.698. The van der Waals surface area contributed by atoms with E-state index < -0.39 is 0 Å². The maximum atomic E-state index is 4.70. The first kappa shape index (κ1) is 11.5. The number of benzene rings is 2. The first-order valence-corrected chi connectivity index (χ1v) is 6.66. The number of rotatable bonds is 1. The Labute approximate surface area is 114 Å². The number of halogens is 1. The number of fused-ring (bicyclic) bond motifs is 1. The lowest BCUT2D eigenvalue weighted by Gasteiger charge is -2.02. The number of aromatic nitrogens is 2. The van der Waals surface area contributed by atoms with Crippen LogP contribution in [0.2, 0.25) is 0 Å². The van der Waals surface area contributed by atoms with Crippen molar-refractivity contribution in [1.29, 1.82) is 0 Å². The highest BCUT2D eigenvalue weighted by Crippen LogP contribution is 2.26. The summed E-state index contributed by atoms with van der Waals surface area (Å²) in [6.45, 7) is 4.18. The van der Waals surface area contributed by atoms with E-state index in [0.29, 0.717) is 0 Å². The number of hydrogen-bond donors (Lipinski definition) is 1. The highest BCUT2D eigenvalue weighted by molar-refractivity contribution is 9.10. The predicted molar refractivity (Wildman–Crippen MR) is 78.7 cm³/mol. The van der Waals surface area contributed by atoms with Crippen LogP contribution in [0.5, 0.6) is 0 Å². The molecule has 0 bridgehead atoms. The van der Waals surface area contributed by atoms with Crippen LogP contribution in [0.1, 0.15) is 11.1 Å². The Morgan fingerprint density at radius 3 is 2.61 bits per heavy atom. The fourth-order valence-corrected chi connectivity index (χ4v) is 2.67. The summed E-state index contributed by atoms with van der Waals surface area (Å²) in [6.07, 6.45) is 0. The maximum absolute atomic E-state index is 4.70. The van der Waals surface area contributed by atoms with Gasteiger partial charge < -0.3 is 4.98 Å². The van der Waals surface area contributed by atoms with Gasteiger partial charge in [0.25, 0.3) is 0 Å². The molecule has 0 amide bonds. The van der Waals surface area contributed by atoms with Crippen molar-refractivity contribution in [3.63, 3.8) is 0 Å². The molecule has 0 aliphatic rings. The lowest BCUT2D eigenvalue weighted by Crippen LogP contribution is -1.85. The van der Waals surface area contributed by atoms with E-state index in [4.69, 9.17) is 4.98 Å². The molecule has 0 spiro atoms. The van der Waals surface area contributed by atoms with E-state index in [9.17, 15) is 0 Å². The van der Waals surface area contributed by atoms with E-state index in [2.05, 4.69) is 59.0 Å². The number of nitrogens with one attached hydrogen (secondary N) is 1. The van der Waals surface area contributed by atoms with Gasteiger partial charge in [0.1, 0.15) is 5.82 Å². The van der Waals surface area contributed by atoms with Crippen LogP contribution >= 0.6 is 15.9 Å². The van der Waals surface area contributed by atoms with Crippen molar-refractivity contribution in [2.24, 2.45) is 0 Å². The maximum Gasteiger partial charge on any atom is 0.138 e. The molecule has 0 aliphatic heterocycles. The van der Waals surface area contributed by atoms with Gasteiger partial charge in [-0.05, 0) is 49.2 Å². The first-order chi connectivity index (χ1) is 8.65. The summed E-state index contributed by atoms with van der Waals surface area (Å²) in [5.41, 5.74) is 5.70. The van der Waals surface area contributed by atoms with E-state index in [-0.39, 0.29) is 0 Å². The summed E-state index contributed by atoms with van der Waals surface area (Å²) in [5.74, 6) is 0.935. The summed E-state index contributed by atoms with van der Waals surface area (Å²) in [5, 5.41) is 0. The topological polar surface area (TPSA) is 28.7 Å². The van der Waals surface area contributed by atoms with Crippen LogP contribution in [0.25, 0.3) is 22.4 Å². The second-order valence-corrected chi connectivity index (χ2v) is 5.43. The van der Waals surface area contributed by atoms with Crippen LogP contribution in [0.4, 0.5) is 0 Å². The number of hydrogen-bond acceptors (Lipinski definition) is 1. The second kappa shape index (κ2) is 4.25. The summed E-state index contributed by atoms with van der Waals surface area (Å²) in [6, 6.07) is 12.4. The molecule has 0 radical (unpaired) electrons. The zero-order valence-electron chi connectivity index (χ0n) is 10.3. The molecule has 0 unspecified atom stereocenters. The average molecular weight is 301 g/mol. The van der Waals surface area contributed by atoms with Gasteiger partial charge in [-0.2, -0.15) is 0 Å². The number of aryl methyl sites for hydroxylation is 2. The number of nitrogens with zero attached hydrogens (tertiary/aromatic N) is 1. The van der Waals surface area contributed by atoms with Gasteiger partial charge in [0.05, 0.1) is 11.0 Å². The Morgan fingerprint density at radius 2 is 1.89 bits per heavy atom. The summed E-state index contributed by atoms with van der Waals surface area (Å²) >= 11 is 3.48. The molecular weight excluding hydrogens is 288 g/mol. The van der Waals surface area contributed by atoms with Gasteiger partial charge in [0.15, 0.2) is 0 Å². The molecule has 3 heteroatoms. The van der Waals surface area contributed by atoms with Crippen LogP contribution in [0, 0.1) is 13.8 Å². The molecule has 0 fully saturated rings. The minimum Gasteiger partial charge on any atom is -0.338 e. The monoisotopic (exact) mass is 300 g/mol. The van der Waals surface area contributed by atoms with Crippen LogP contribution in [-0.4, -0.2) is 9.97 Å². The fraction of sp³-hybridized carbons (Fsp3) is 0.133. The number of para-hydroxylation sites is 1. The molecule has 1 N–H and O–H groups in total. The third-order valence-corrected chi connectivity index (χ3v) is 3.65. The predicted octanol–water partition coefficient (Wildman–Crippen LogP) is 4.61. The molecule has 1 aromatic heterocycles. The first-order valence-electron chi connectivity index (χ1n) is 5.87. The van der Waals surface area contributed by atoms with Crippen molar-refractivity contribution in [3.05, 3.63) is 52.0 Å². The SMILES string of the molecule is Cc1cc(Br)ccc1-c1nc2c(C)cccc2[nH]1. The molecule has 2 aromatic carbocycles. The van der Waals surface area contributed by atoms with Gasteiger partial charge >= 0.3 is 0 Å². The summed E-state index contributed by atoms with van der Waals surface area (Å²) in [7, 11) is 0. The van der Waals surface area contributed by atoms with Gasteiger partial charge in [-0.15, -0.1) is 0 Å². The number of aromatic amines is 1. The minimum absolute atomic E-state index is 0.935. The van der Waals surface area contributed by atoms with Crippen molar-refractivity contribution in [1.82, 2.24) is 9.97 Å². The number of H-pyrrole nitrogens is 1. The summed E-state index contributed by atoms with van der Waals surface area (Å²) < 4.78 is 1.09. The van der Waals surface area contributed by atoms with Gasteiger partial charge in [0.2, 0.25) is 0 Å². The molecule has 2 nitrogen and oxygen atoms in total. The van der Waals surface area contributed by atoms with Crippen molar-refractivity contribution >= 4 is 27.0 Å². The zero-order chi connectivity index (χ0) is 12.7. The molecule has 3 aromatic rings. The van der Waals surface area contributed by atoms with Gasteiger partial charge in [-0.25, -0.2) is 4.98 Å². The second-order valence-electron chi connectivity index (χ2n) is 4.52. The zero-order valence-corrected chi connectivity index (χ0v) is 11.9. The minimum atomic E-state index is 0.935. The van der Waals surface area contributed by atoms with Crippen molar-refractivity contribution < 1.29 is 0 Å². The lowest BCUT2D eigenvalue weighted by molar-refractivity contribution is 1.30. The molecule has 18 heavy (non-hydrogen) atoms. The molecule has 90 valence electrons. The third kappa shape index (κ3) is 1.85. The lowest BCUT2D eigenvalue weighted by atomic mass is 10.1. The van der Waals surface area contributed by atoms with Crippen molar-refractivity contribution in [3.8, 4) is 11.4 Å². The van der Waals surface area contributed by atoms with Crippen molar-refractivity contribution in [2.45, 2.75) is 13.8 Å². The smallest absolute Gasteiger partial charge is 0.138 e. The van der Waals surface area contributed by atoms with E-state index >= 15 is 0 Å². The van der Waals surface area contributed by atoms with E-state index in [0.717, 1.165) is 26.9 Å². The fourth-order valence-electron chi connectivity index (χ4n) is 2.20. The normalized spacial score (nSPS) is 11.1. The van der Waals surface area contributed by atoms with Crippen LogP contribution in [0.3, 0.4) is 0 Å². The van der Waals surface area contributed by atoms with Crippen LogP contribution < -0.4 is 0 Å². The molecule has 1 heterocycles. The van der Waals surface area contributed by atoms with Gasteiger partial charge in [-0.1, -0.05) is 28.1 Å². The molecule has 0 atom stereocenters. The largest absolute Gasteiger partial charge is 0.338 e. The van der Waals surface area contributed by atoms with E-state index in [1.807, 2.05) is 12.1 Å². The van der Waals surface area contributed by atoms with Gasteiger partial charge in [0, 0.05) is 10.0 Å². The highest BCUT2D eigenvalue weighted by atomic mass is 79.9. The molecule has 0 saturated carbocycles. The van der Waals surface area contributed by atoms with Crippen LogP contribution in [-0.2, 0) is 0 Å². The number of imidazole rings is 1. The van der Waals surface area contributed by atoms with Crippen molar-refractivity contribution in [2.75, 3.05) is 0 Å². The average Bonchev–Trinajstić information content (AvgIpc) is 2.74. The standard InChI is InChI=1S/C15H13BrN2/c1-9-4-3-5-13-14(9)18-15(17-13)12-7-6-11(16)8-10(12)2/h3-8H,1-2H3,(H,17,18). The van der Waals surface area contributed by atoms with Crippen LogP contribution in [0.15, 0.2) is 40.9 Å². The molecular formula is C15H13BrN2. The highest BCUT2D eigenvalue weighted by Gasteiger charge is 2.09. The third-order valence-electron chi connectivity index (χ3n) is 3.16. The molecule has 0 saturated heterocycles.